The van der Waals surface area contributed by atoms with E-state index in [0.717, 1.165) is 16.1 Å². The summed E-state index contributed by atoms with van der Waals surface area (Å²) in [6.07, 6.45) is 1.18. The summed E-state index contributed by atoms with van der Waals surface area (Å²) in [5.41, 5.74) is 9.28. The monoisotopic (exact) mass is 279 g/mol. The SMILES string of the molecule is Cc1ccc(S(=O)(=O)N2CC[C@H]2C(=O)C=[N+]=[N-])cc1. The van der Waals surface area contributed by atoms with Gasteiger partial charge in [-0.1, -0.05) is 17.7 Å². The lowest BCUT2D eigenvalue weighted by Gasteiger charge is -2.36. The number of ketones is 1. The van der Waals surface area contributed by atoms with Crippen LogP contribution in [-0.2, 0) is 14.8 Å². The molecule has 0 unspecified atom stereocenters. The molecule has 0 radical (unpaired) electrons. The third kappa shape index (κ3) is 2.49. The van der Waals surface area contributed by atoms with Gasteiger partial charge >= 0.3 is 6.21 Å². The Labute approximate surface area is 111 Å². The van der Waals surface area contributed by atoms with Crippen molar-refractivity contribution in [1.82, 2.24) is 4.31 Å². The molecule has 6 nitrogen and oxygen atoms in total. The van der Waals surface area contributed by atoms with E-state index >= 15 is 0 Å². The number of carbonyl (C=O) groups is 1. The van der Waals surface area contributed by atoms with E-state index in [-0.39, 0.29) is 4.90 Å². The van der Waals surface area contributed by atoms with Crippen LogP contribution < -0.4 is 0 Å². The van der Waals surface area contributed by atoms with E-state index in [0.29, 0.717) is 13.0 Å². The highest BCUT2D eigenvalue weighted by molar-refractivity contribution is 7.89. The van der Waals surface area contributed by atoms with Crippen molar-refractivity contribution in [1.29, 1.82) is 0 Å². The summed E-state index contributed by atoms with van der Waals surface area (Å²) in [7, 11) is -3.66. The summed E-state index contributed by atoms with van der Waals surface area (Å²) < 4.78 is 25.7. The number of hydrogen-bond donors (Lipinski definition) is 0. The van der Waals surface area contributed by atoms with Gasteiger partial charge in [0.15, 0.2) is 0 Å². The first kappa shape index (κ1) is 13.6. The third-order valence-corrected chi connectivity index (χ3v) is 5.03. The molecule has 1 saturated heterocycles. The van der Waals surface area contributed by atoms with E-state index in [9.17, 15) is 13.2 Å². The molecular weight excluding hydrogens is 266 g/mol. The number of benzene rings is 1. The Morgan fingerprint density at radius 1 is 1.42 bits per heavy atom. The zero-order valence-corrected chi connectivity index (χ0v) is 11.2. The van der Waals surface area contributed by atoms with Gasteiger partial charge in [0.25, 0.3) is 5.78 Å². The zero-order chi connectivity index (χ0) is 14.0. The van der Waals surface area contributed by atoms with Crippen LogP contribution in [0.2, 0.25) is 0 Å². The summed E-state index contributed by atoms with van der Waals surface area (Å²) in [5.74, 6) is -0.510. The van der Waals surface area contributed by atoms with Crippen molar-refractivity contribution in [3.05, 3.63) is 35.4 Å². The molecule has 19 heavy (non-hydrogen) atoms. The van der Waals surface area contributed by atoms with Crippen molar-refractivity contribution >= 4 is 22.0 Å². The minimum absolute atomic E-state index is 0.163. The van der Waals surface area contributed by atoms with Crippen LogP contribution in [0.3, 0.4) is 0 Å². The molecule has 0 bridgehead atoms. The van der Waals surface area contributed by atoms with Crippen LogP contribution in [0.4, 0.5) is 0 Å². The van der Waals surface area contributed by atoms with Crippen LogP contribution in [0, 0.1) is 6.92 Å². The predicted octanol–water partition coefficient (Wildman–Crippen LogP) is 0.628. The normalized spacial score (nSPS) is 19.3. The second-order valence-electron chi connectivity index (χ2n) is 4.38. The fraction of sp³-hybridized carbons (Fsp3) is 0.333. The highest BCUT2D eigenvalue weighted by Crippen LogP contribution is 2.27. The second kappa shape index (κ2) is 5.05. The lowest BCUT2D eigenvalue weighted by atomic mass is 10.0. The second-order valence-corrected chi connectivity index (χ2v) is 6.27. The van der Waals surface area contributed by atoms with Crippen molar-refractivity contribution in [2.75, 3.05) is 6.54 Å². The quantitative estimate of drug-likeness (QED) is 0.460. The van der Waals surface area contributed by atoms with Crippen LogP contribution in [0.25, 0.3) is 5.53 Å². The number of carbonyl (C=O) groups excluding carboxylic acids is 1. The number of sulfonamides is 1. The van der Waals surface area contributed by atoms with Crippen LogP contribution in [-0.4, -0.2) is 42.1 Å². The van der Waals surface area contributed by atoms with E-state index in [1.807, 2.05) is 6.92 Å². The minimum atomic E-state index is -3.66. The Kier molecular flexibility index (Phi) is 3.61. The Bertz CT molecular complexity index is 645. The number of Topliss-reactive ketones (excluding diaryl/α,β-unsaturated/α-hetero) is 1. The van der Waals surface area contributed by atoms with Crippen molar-refractivity contribution < 1.29 is 18.0 Å². The van der Waals surface area contributed by atoms with Gasteiger partial charge in [-0.05, 0) is 25.5 Å². The zero-order valence-electron chi connectivity index (χ0n) is 10.4. The first-order valence-electron chi connectivity index (χ1n) is 5.76. The Morgan fingerprint density at radius 3 is 2.53 bits per heavy atom. The van der Waals surface area contributed by atoms with Crippen LogP contribution in [0.5, 0.6) is 0 Å². The van der Waals surface area contributed by atoms with E-state index in [1.165, 1.54) is 12.1 Å². The predicted molar refractivity (Wildman–Crippen MR) is 68.2 cm³/mol. The van der Waals surface area contributed by atoms with Gasteiger partial charge in [-0.3, -0.25) is 4.79 Å². The topological polar surface area (TPSA) is 90.9 Å². The van der Waals surface area contributed by atoms with E-state index in [4.69, 9.17) is 5.53 Å². The molecule has 1 aromatic carbocycles. The molecule has 1 atom stereocenters. The molecule has 1 aliphatic rings. The van der Waals surface area contributed by atoms with Crippen LogP contribution >= 0.6 is 0 Å². The molecule has 0 N–H and O–H groups in total. The number of aryl methyl sites for hydroxylation is 1. The highest BCUT2D eigenvalue weighted by Gasteiger charge is 2.43. The Balaban J connectivity index is 2.28. The van der Waals surface area contributed by atoms with Crippen LogP contribution in [0.1, 0.15) is 12.0 Å². The van der Waals surface area contributed by atoms with Crippen molar-refractivity contribution in [3.63, 3.8) is 0 Å². The molecule has 1 aliphatic heterocycles. The summed E-state index contributed by atoms with van der Waals surface area (Å²) in [5, 5.41) is 0. The molecule has 0 aromatic heterocycles. The fourth-order valence-corrected chi connectivity index (χ4v) is 3.56. The van der Waals surface area contributed by atoms with Crippen LogP contribution in [0.15, 0.2) is 29.2 Å². The lowest BCUT2D eigenvalue weighted by Crippen LogP contribution is -2.55. The van der Waals surface area contributed by atoms with Gasteiger partial charge in [-0.25, -0.2) is 8.42 Å². The molecule has 0 spiro atoms. The molecular formula is C12H13N3O3S. The fourth-order valence-electron chi connectivity index (χ4n) is 1.92. The standard InChI is InChI=1S/C12H13N3O3S/c1-9-2-4-10(5-3-9)19(17,18)15-7-6-11(15)12(16)8-14-13/h2-5,8,11H,6-7H2,1H3/t11-/m0/s1. The molecule has 0 saturated carbocycles. The molecule has 7 heteroatoms. The summed E-state index contributed by atoms with van der Waals surface area (Å²) in [6, 6.07) is 5.69. The maximum atomic E-state index is 12.3. The van der Waals surface area contributed by atoms with E-state index < -0.39 is 21.8 Å². The smallest absolute Gasteiger partial charge is 0.324 e. The Morgan fingerprint density at radius 2 is 2.05 bits per heavy atom. The first-order chi connectivity index (χ1) is 8.96. The molecule has 0 amide bonds. The highest BCUT2D eigenvalue weighted by atomic mass is 32.2. The summed E-state index contributed by atoms with van der Waals surface area (Å²) in [6.45, 7) is 2.16. The largest absolute Gasteiger partial charge is 0.361 e. The molecule has 1 heterocycles. The van der Waals surface area contributed by atoms with E-state index in [1.54, 1.807) is 12.1 Å². The van der Waals surface area contributed by atoms with Gasteiger partial charge in [-0.15, -0.1) is 0 Å². The van der Waals surface area contributed by atoms with Crippen molar-refractivity contribution in [3.8, 4) is 0 Å². The Hall–Kier alpha value is -1.82. The van der Waals surface area contributed by atoms with Gasteiger partial charge in [0.2, 0.25) is 10.0 Å². The number of rotatable bonds is 4. The van der Waals surface area contributed by atoms with Gasteiger partial charge in [0.1, 0.15) is 0 Å². The number of nitrogens with zero attached hydrogens (tertiary/aromatic N) is 3. The van der Waals surface area contributed by atoms with Crippen molar-refractivity contribution in [2.24, 2.45) is 0 Å². The van der Waals surface area contributed by atoms with Gasteiger partial charge in [-0.2, -0.15) is 9.10 Å². The first-order valence-corrected chi connectivity index (χ1v) is 7.20. The maximum Gasteiger partial charge on any atom is 0.324 e. The third-order valence-electron chi connectivity index (χ3n) is 3.11. The summed E-state index contributed by atoms with van der Waals surface area (Å²) >= 11 is 0. The van der Waals surface area contributed by atoms with Gasteiger partial charge in [0, 0.05) is 6.54 Å². The number of hydrogen-bond acceptors (Lipinski definition) is 3. The van der Waals surface area contributed by atoms with Gasteiger partial charge in [0.05, 0.1) is 10.9 Å². The van der Waals surface area contributed by atoms with Crippen molar-refractivity contribution in [2.45, 2.75) is 24.3 Å². The maximum absolute atomic E-state index is 12.3. The average Bonchev–Trinajstić information content (AvgIpc) is 2.27. The molecule has 2 rings (SSSR count). The van der Waals surface area contributed by atoms with Gasteiger partial charge < -0.3 is 5.53 Å². The average molecular weight is 279 g/mol. The van der Waals surface area contributed by atoms with E-state index in [2.05, 4.69) is 4.79 Å². The summed E-state index contributed by atoms with van der Waals surface area (Å²) in [4.78, 5) is 14.4. The molecule has 1 aromatic rings. The molecule has 1 fully saturated rings. The lowest BCUT2D eigenvalue weighted by molar-refractivity contribution is -0.122. The molecule has 0 aliphatic carbocycles. The minimum Gasteiger partial charge on any atom is -0.361 e. The molecule has 100 valence electrons.